The van der Waals surface area contributed by atoms with Crippen LogP contribution in [-0.2, 0) is 37.2 Å². The molecule has 3 atom stereocenters. The molecule has 61 heavy (non-hydrogen) atoms. The Hall–Kier alpha value is -6.37. The Morgan fingerprint density at radius 1 is 1.02 bits per heavy atom. The van der Waals surface area contributed by atoms with E-state index in [2.05, 4.69) is 15.3 Å². The fraction of sp³-hybridized carbons (Fsp3) is 0.405. The van der Waals surface area contributed by atoms with Crippen molar-refractivity contribution in [2.45, 2.75) is 83.0 Å². The van der Waals surface area contributed by atoms with Crippen molar-refractivity contribution in [1.82, 2.24) is 24.4 Å². The zero-order valence-corrected chi connectivity index (χ0v) is 33.4. The maximum atomic E-state index is 15.9. The molecular weight excluding hydrogens is 808 g/mol. The number of pyridine rings is 2. The minimum atomic E-state index is -4.68. The van der Waals surface area contributed by atoms with Crippen LogP contribution in [0.15, 0.2) is 70.6 Å². The maximum absolute atomic E-state index is 15.9. The summed E-state index contributed by atoms with van der Waals surface area (Å²) in [7, 11) is 1.49. The standard InChI is InChI=1S/C42H42F4N6O9/c1-23-18-26(51-16-17-58-22-34(51)42(44,45)46)20-30(43)35(23)37(53)49-31(39(55)59-24(2)60-41(57)61-27-8-5-4-6-9-27)19-25-11-12-32(36-28(25)10-7-14-48-36)52-38(54)29-13-15-47-21-33(29)50(3)40(52)56/h7,10-15,18,20-21,24,27,31,34H,4-6,8-9,16-17,19,22H2,1-3H3,(H,49,53)/t24?,31?,34-/m1/s1. The maximum Gasteiger partial charge on any atom is 0.511 e. The molecule has 5 aromatic rings. The fourth-order valence-electron chi connectivity index (χ4n) is 7.84. The van der Waals surface area contributed by atoms with Crippen LogP contribution in [0, 0.1) is 12.7 Å². The highest BCUT2D eigenvalue weighted by atomic mass is 19.4. The number of carbonyl (C=O) groups is 3. The number of aryl methyl sites for hydroxylation is 2. The van der Waals surface area contributed by atoms with E-state index >= 15 is 4.39 Å². The van der Waals surface area contributed by atoms with Crippen LogP contribution in [0.1, 0.15) is 60.5 Å². The Balaban J connectivity index is 1.21. The molecular formula is C42H42F4N6O9. The topological polar surface area (TPSA) is 173 Å². The molecule has 0 spiro atoms. The van der Waals surface area contributed by atoms with E-state index in [1.54, 1.807) is 12.1 Å². The Morgan fingerprint density at radius 2 is 1.79 bits per heavy atom. The first-order valence-electron chi connectivity index (χ1n) is 19.6. The molecule has 322 valence electrons. The molecule has 1 aliphatic heterocycles. The SMILES string of the molecule is Cc1cc(N2CCOC[C@@H]2C(F)(F)F)cc(F)c1C(=O)NC(Cc1ccc(-n2c(=O)c3ccncc3n(C)c2=O)c2ncccc12)C(=O)OC(C)OC(=O)OC1CCCCC1. The van der Waals surface area contributed by atoms with Gasteiger partial charge in [-0.3, -0.25) is 24.1 Å². The molecule has 2 fully saturated rings. The summed E-state index contributed by atoms with van der Waals surface area (Å²) in [6.07, 6.45) is 0.443. The second kappa shape index (κ2) is 17.7. The van der Waals surface area contributed by atoms with Gasteiger partial charge in [0.2, 0.25) is 6.29 Å². The molecule has 2 aliphatic rings. The van der Waals surface area contributed by atoms with E-state index in [4.69, 9.17) is 18.9 Å². The molecule has 0 radical (unpaired) electrons. The number of benzene rings is 2. The van der Waals surface area contributed by atoms with E-state index in [0.29, 0.717) is 29.3 Å². The first-order valence-corrected chi connectivity index (χ1v) is 19.6. The quantitative estimate of drug-likeness (QED) is 0.105. The minimum Gasteiger partial charge on any atom is -0.431 e. The molecule has 19 heteroatoms. The van der Waals surface area contributed by atoms with Crippen LogP contribution < -0.4 is 21.5 Å². The molecule has 1 saturated carbocycles. The first-order chi connectivity index (χ1) is 29.1. The van der Waals surface area contributed by atoms with Gasteiger partial charge in [-0.05, 0) is 74.1 Å². The van der Waals surface area contributed by atoms with E-state index in [-0.39, 0.29) is 53.5 Å². The Morgan fingerprint density at radius 3 is 2.52 bits per heavy atom. The third kappa shape index (κ3) is 9.06. The molecule has 15 nitrogen and oxygen atoms in total. The van der Waals surface area contributed by atoms with Gasteiger partial charge in [0.05, 0.1) is 47.1 Å². The highest BCUT2D eigenvalue weighted by Gasteiger charge is 2.46. The number of fused-ring (bicyclic) bond motifs is 2. The van der Waals surface area contributed by atoms with Crippen molar-refractivity contribution in [3.05, 3.63) is 104 Å². The Labute approximate surface area is 345 Å². The van der Waals surface area contributed by atoms with E-state index in [1.807, 2.05) is 0 Å². The number of nitrogens with zero attached hydrogens (tertiary/aromatic N) is 5. The lowest BCUT2D eigenvalue weighted by molar-refractivity contribution is -0.171. The van der Waals surface area contributed by atoms with Crippen molar-refractivity contribution in [1.29, 1.82) is 0 Å². The van der Waals surface area contributed by atoms with Gasteiger partial charge in [-0.2, -0.15) is 13.2 Å². The van der Waals surface area contributed by atoms with Gasteiger partial charge in [-0.15, -0.1) is 0 Å². The fourth-order valence-corrected chi connectivity index (χ4v) is 7.84. The third-order valence-corrected chi connectivity index (χ3v) is 10.9. The molecule has 1 saturated heterocycles. The lowest BCUT2D eigenvalue weighted by Crippen LogP contribution is -2.53. The van der Waals surface area contributed by atoms with E-state index in [9.17, 15) is 37.1 Å². The number of hydrogen-bond donors (Lipinski definition) is 1. The lowest BCUT2D eigenvalue weighted by Gasteiger charge is -2.38. The Kier molecular flexibility index (Phi) is 12.4. The van der Waals surface area contributed by atoms with Crippen molar-refractivity contribution < 1.29 is 50.9 Å². The number of ether oxygens (including phenoxy) is 4. The molecule has 1 N–H and O–H groups in total. The first kappa shape index (κ1) is 42.7. The predicted molar refractivity (Wildman–Crippen MR) is 212 cm³/mol. The number of carbonyl (C=O) groups excluding carboxylic acids is 3. The third-order valence-electron chi connectivity index (χ3n) is 10.9. The van der Waals surface area contributed by atoms with Gasteiger partial charge in [0.25, 0.3) is 11.5 Å². The van der Waals surface area contributed by atoms with Crippen LogP contribution in [-0.4, -0.2) is 87.5 Å². The summed E-state index contributed by atoms with van der Waals surface area (Å²) in [5, 5.41) is 3.09. The molecule has 2 aromatic carbocycles. The highest BCUT2D eigenvalue weighted by Crippen LogP contribution is 2.33. The van der Waals surface area contributed by atoms with Crippen LogP contribution >= 0.6 is 0 Å². The van der Waals surface area contributed by atoms with Gasteiger partial charge >= 0.3 is 24.0 Å². The zero-order valence-electron chi connectivity index (χ0n) is 33.4. The number of nitrogens with one attached hydrogen (secondary N) is 1. The molecule has 1 amide bonds. The van der Waals surface area contributed by atoms with Crippen LogP contribution in [0.25, 0.3) is 27.5 Å². The van der Waals surface area contributed by atoms with Crippen molar-refractivity contribution in [2.75, 3.05) is 24.7 Å². The van der Waals surface area contributed by atoms with Gasteiger partial charge in [0, 0.05) is 50.4 Å². The molecule has 0 bridgehead atoms. The molecule has 4 heterocycles. The monoisotopic (exact) mass is 850 g/mol. The van der Waals surface area contributed by atoms with Crippen LogP contribution in [0.5, 0.6) is 0 Å². The van der Waals surface area contributed by atoms with Crippen molar-refractivity contribution in [2.24, 2.45) is 7.05 Å². The molecule has 3 aromatic heterocycles. The van der Waals surface area contributed by atoms with Gasteiger partial charge in [0.15, 0.2) is 0 Å². The predicted octanol–water partition coefficient (Wildman–Crippen LogP) is 5.56. The summed E-state index contributed by atoms with van der Waals surface area (Å²) >= 11 is 0. The number of alkyl halides is 3. The number of esters is 1. The summed E-state index contributed by atoms with van der Waals surface area (Å²) < 4.78 is 80.8. The normalized spacial score (nSPS) is 17.2. The molecule has 2 unspecified atom stereocenters. The summed E-state index contributed by atoms with van der Waals surface area (Å²) in [4.78, 5) is 77.2. The van der Waals surface area contributed by atoms with Crippen LogP contribution in [0.3, 0.4) is 0 Å². The number of rotatable bonds is 10. The second-order valence-electron chi connectivity index (χ2n) is 14.9. The minimum absolute atomic E-state index is 0.0219. The van der Waals surface area contributed by atoms with Crippen LogP contribution in [0.4, 0.5) is 28.0 Å². The van der Waals surface area contributed by atoms with E-state index in [1.165, 1.54) is 68.3 Å². The summed E-state index contributed by atoms with van der Waals surface area (Å²) in [5.41, 5.74) is -0.997. The number of hydrogen-bond acceptors (Lipinski definition) is 12. The number of anilines is 1. The zero-order chi connectivity index (χ0) is 43.6. The van der Waals surface area contributed by atoms with Gasteiger partial charge < -0.3 is 29.2 Å². The largest absolute Gasteiger partial charge is 0.511 e. The van der Waals surface area contributed by atoms with Gasteiger partial charge in [-0.1, -0.05) is 18.6 Å². The van der Waals surface area contributed by atoms with Crippen LogP contribution in [0.2, 0.25) is 0 Å². The molecule has 1 aliphatic carbocycles. The summed E-state index contributed by atoms with van der Waals surface area (Å²) in [6.45, 7) is 1.75. The van der Waals surface area contributed by atoms with E-state index < -0.39 is 71.8 Å². The van der Waals surface area contributed by atoms with E-state index in [0.717, 1.165) is 34.8 Å². The highest BCUT2D eigenvalue weighted by molar-refractivity contribution is 5.99. The smallest absolute Gasteiger partial charge is 0.431 e. The lowest BCUT2D eigenvalue weighted by atomic mass is 9.98. The number of halogens is 4. The summed E-state index contributed by atoms with van der Waals surface area (Å²) in [5.74, 6) is -3.34. The van der Waals surface area contributed by atoms with Crippen molar-refractivity contribution in [3.8, 4) is 5.69 Å². The van der Waals surface area contributed by atoms with Gasteiger partial charge in [-0.25, -0.2) is 23.3 Å². The second-order valence-corrected chi connectivity index (χ2v) is 14.9. The average molecular weight is 851 g/mol. The summed E-state index contributed by atoms with van der Waals surface area (Å²) in [6, 6.07) is 6.10. The van der Waals surface area contributed by atoms with Crippen molar-refractivity contribution >= 4 is 45.5 Å². The average Bonchev–Trinajstić information content (AvgIpc) is 3.23. The number of aromatic nitrogens is 4. The van der Waals surface area contributed by atoms with Gasteiger partial charge in [0.1, 0.15) is 24.0 Å². The van der Waals surface area contributed by atoms with Crippen molar-refractivity contribution in [3.63, 3.8) is 0 Å². The Bertz CT molecular complexity index is 2590. The number of morpholine rings is 1. The number of amides is 1. The molecule has 7 rings (SSSR count).